The molecule has 1 aliphatic rings. The van der Waals surface area contributed by atoms with E-state index in [4.69, 9.17) is 14.2 Å². The minimum absolute atomic E-state index is 0.553. The van der Waals surface area contributed by atoms with Gasteiger partial charge in [-0.1, -0.05) is 0 Å². The van der Waals surface area contributed by atoms with Crippen molar-refractivity contribution in [1.82, 2.24) is 0 Å². The number of hydrogen-bond donors (Lipinski definition) is 2. The van der Waals surface area contributed by atoms with E-state index in [-0.39, 0.29) is 0 Å². The normalized spacial score (nSPS) is 55.0. The lowest BCUT2D eigenvalue weighted by molar-refractivity contribution is -0.441. The van der Waals surface area contributed by atoms with Crippen LogP contribution >= 0.6 is 0 Å². The molecule has 5 atom stereocenters. The van der Waals surface area contributed by atoms with Crippen LogP contribution in [0, 0.1) is 0 Å². The van der Waals surface area contributed by atoms with Crippen molar-refractivity contribution in [1.29, 1.82) is 0 Å². The van der Waals surface area contributed by atoms with Gasteiger partial charge >= 0.3 is 0 Å². The largest absolute Gasteiger partial charge is 0.384 e. The van der Waals surface area contributed by atoms with Crippen LogP contribution in [0.5, 0.6) is 0 Å². The van der Waals surface area contributed by atoms with Gasteiger partial charge in [-0.25, -0.2) is 0 Å². The van der Waals surface area contributed by atoms with E-state index >= 15 is 0 Å². The summed E-state index contributed by atoms with van der Waals surface area (Å²) in [5.74, 6) is -1.57. The third kappa shape index (κ3) is 1.64. The van der Waals surface area contributed by atoms with Crippen molar-refractivity contribution in [2.24, 2.45) is 0 Å². The van der Waals surface area contributed by atoms with Gasteiger partial charge in [-0.15, -0.1) is 0 Å². The van der Waals surface area contributed by atoms with Crippen molar-refractivity contribution in [3.8, 4) is 0 Å². The molecule has 1 aliphatic heterocycles. The van der Waals surface area contributed by atoms with Crippen molar-refractivity contribution in [2.75, 3.05) is 14.2 Å². The highest BCUT2D eigenvalue weighted by Gasteiger charge is 2.75. The summed E-state index contributed by atoms with van der Waals surface area (Å²) in [6, 6.07) is 0. The summed E-state index contributed by atoms with van der Waals surface area (Å²) in [6.45, 7) is 7.27. The van der Waals surface area contributed by atoms with Crippen LogP contribution in [0.4, 0.5) is 0 Å². The van der Waals surface area contributed by atoms with E-state index in [9.17, 15) is 15.0 Å². The van der Waals surface area contributed by atoms with Gasteiger partial charge < -0.3 is 29.2 Å². The fourth-order valence-corrected chi connectivity index (χ4v) is 2.77. The molecule has 2 unspecified atom stereocenters. The predicted octanol–water partition coefficient (Wildman–Crippen LogP) is 0.244. The van der Waals surface area contributed by atoms with Crippen molar-refractivity contribution >= 4 is 6.29 Å². The number of aliphatic hydroxyl groups is 2. The maximum absolute atomic E-state index is 11.5. The number of hydrogen-bond acceptors (Lipinski definition) is 6. The molecular weight excluding hydrogens is 252 g/mol. The summed E-state index contributed by atoms with van der Waals surface area (Å²) < 4.78 is 16.3. The molecule has 0 aliphatic carbocycles. The Labute approximate surface area is 113 Å². The SMILES string of the molecule is CO[C@]1(C)OC(C)(C=O)[C@@](C)(OC)[C@@](C)(O)C1(C)O. The van der Waals surface area contributed by atoms with Crippen molar-refractivity contribution in [3.05, 3.63) is 0 Å². The second-order valence-electron chi connectivity index (χ2n) is 5.86. The van der Waals surface area contributed by atoms with E-state index in [1.165, 1.54) is 48.8 Å². The Morgan fingerprint density at radius 3 is 1.74 bits per heavy atom. The minimum Gasteiger partial charge on any atom is -0.384 e. The molecule has 0 saturated carbocycles. The van der Waals surface area contributed by atoms with Crippen LogP contribution in [0.2, 0.25) is 0 Å². The van der Waals surface area contributed by atoms with Gasteiger partial charge in [0, 0.05) is 14.2 Å². The van der Waals surface area contributed by atoms with E-state index in [0.29, 0.717) is 6.29 Å². The highest BCUT2D eigenvalue weighted by Crippen LogP contribution is 2.54. The zero-order valence-electron chi connectivity index (χ0n) is 12.6. The maximum Gasteiger partial charge on any atom is 0.198 e. The summed E-state index contributed by atoms with van der Waals surface area (Å²) in [6.07, 6.45) is 0.553. The molecule has 0 radical (unpaired) electrons. The monoisotopic (exact) mass is 276 g/mol. The number of methoxy groups -OCH3 is 2. The molecule has 0 bridgehead atoms. The molecule has 0 aromatic heterocycles. The van der Waals surface area contributed by atoms with Gasteiger partial charge in [-0.05, 0) is 34.6 Å². The summed E-state index contributed by atoms with van der Waals surface area (Å²) >= 11 is 0. The number of carbonyl (C=O) groups is 1. The smallest absolute Gasteiger partial charge is 0.198 e. The average molecular weight is 276 g/mol. The van der Waals surface area contributed by atoms with Crippen molar-refractivity contribution < 1.29 is 29.2 Å². The summed E-state index contributed by atoms with van der Waals surface area (Å²) in [5.41, 5.74) is -6.54. The topological polar surface area (TPSA) is 85.2 Å². The van der Waals surface area contributed by atoms with E-state index in [1.54, 1.807) is 0 Å². The third-order valence-corrected chi connectivity index (χ3v) is 5.14. The molecule has 1 heterocycles. The fourth-order valence-electron chi connectivity index (χ4n) is 2.77. The van der Waals surface area contributed by atoms with E-state index < -0.39 is 28.2 Å². The lowest BCUT2D eigenvalue weighted by Crippen LogP contribution is -2.84. The molecule has 6 heteroatoms. The Kier molecular flexibility index (Phi) is 3.68. The minimum atomic E-state index is -1.80. The molecule has 1 rings (SSSR count). The number of aldehydes is 1. The van der Waals surface area contributed by atoms with Gasteiger partial charge in [0.1, 0.15) is 16.8 Å². The molecule has 0 amide bonds. The summed E-state index contributed by atoms with van der Waals surface area (Å²) in [5, 5.41) is 21.6. The lowest BCUT2D eigenvalue weighted by Gasteiger charge is -2.64. The van der Waals surface area contributed by atoms with Crippen LogP contribution in [0.15, 0.2) is 0 Å². The summed E-state index contributed by atoms with van der Waals surface area (Å²) in [4.78, 5) is 11.5. The van der Waals surface area contributed by atoms with E-state index in [1.807, 2.05) is 0 Å². The molecule has 112 valence electrons. The molecule has 19 heavy (non-hydrogen) atoms. The van der Waals surface area contributed by atoms with Crippen LogP contribution in [0.3, 0.4) is 0 Å². The molecule has 2 N–H and O–H groups in total. The molecular formula is C13H24O6. The third-order valence-electron chi connectivity index (χ3n) is 5.14. The highest BCUT2D eigenvalue weighted by molar-refractivity contribution is 5.66. The van der Waals surface area contributed by atoms with Crippen LogP contribution < -0.4 is 0 Å². The van der Waals surface area contributed by atoms with Gasteiger partial charge in [0.05, 0.1) is 0 Å². The molecule has 0 aromatic carbocycles. The lowest BCUT2D eigenvalue weighted by atomic mass is 9.61. The summed E-state index contributed by atoms with van der Waals surface area (Å²) in [7, 11) is 2.69. The molecule has 0 aromatic rings. The second-order valence-corrected chi connectivity index (χ2v) is 5.86. The first-order valence-corrected chi connectivity index (χ1v) is 6.10. The fraction of sp³-hybridized carbons (Fsp3) is 0.923. The van der Waals surface area contributed by atoms with Gasteiger partial charge in [0.15, 0.2) is 17.7 Å². The zero-order valence-corrected chi connectivity index (χ0v) is 12.6. The Bertz CT molecular complexity index is 379. The van der Waals surface area contributed by atoms with Gasteiger partial charge in [0.25, 0.3) is 0 Å². The molecule has 0 spiro atoms. The van der Waals surface area contributed by atoms with Crippen molar-refractivity contribution in [2.45, 2.75) is 62.8 Å². The number of carbonyl (C=O) groups excluding carboxylic acids is 1. The van der Waals surface area contributed by atoms with Crippen LogP contribution in [-0.2, 0) is 19.0 Å². The first-order valence-electron chi connectivity index (χ1n) is 6.10. The Hall–Kier alpha value is -0.530. The van der Waals surface area contributed by atoms with E-state index in [2.05, 4.69) is 0 Å². The van der Waals surface area contributed by atoms with Gasteiger partial charge in [-0.2, -0.15) is 0 Å². The maximum atomic E-state index is 11.5. The number of rotatable bonds is 3. The zero-order chi connectivity index (χ0) is 15.3. The quantitative estimate of drug-likeness (QED) is 0.718. The van der Waals surface area contributed by atoms with Gasteiger partial charge in [-0.3, -0.25) is 0 Å². The first kappa shape index (κ1) is 16.5. The van der Waals surface area contributed by atoms with Crippen LogP contribution in [0.1, 0.15) is 34.6 Å². The predicted molar refractivity (Wildman–Crippen MR) is 67.6 cm³/mol. The average Bonchev–Trinajstić information content (AvgIpc) is 2.35. The Balaban J connectivity index is 3.60. The van der Waals surface area contributed by atoms with E-state index in [0.717, 1.165) is 0 Å². The second kappa shape index (κ2) is 4.23. The molecule has 1 saturated heterocycles. The van der Waals surface area contributed by atoms with Gasteiger partial charge in [0.2, 0.25) is 0 Å². The Morgan fingerprint density at radius 1 is 0.947 bits per heavy atom. The van der Waals surface area contributed by atoms with Crippen LogP contribution in [-0.4, -0.2) is 58.9 Å². The first-order chi connectivity index (χ1) is 8.39. The molecule has 1 fully saturated rings. The number of ether oxygens (including phenoxy) is 3. The van der Waals surface area contributed by atoms with Crippen molar-refractivity contribution in [3.63, 3.8) is 0 Å². The standard InChI is InChI=1S/C13H24O6/c1-9(8-14)12(4,17-6)10(2,15)11(3,16)13(5,18-7)19-9/h8,15-16H,1-7H3/t9?,10-,11?,12+,13+/m0/s1. The molecule has 6 nitrogen and oxygen atoms in total. The Morgan fingerprint density at radius 2 is 1.42 bits per heavy atom. The van der Waals surface area contributed by atoms with Crippen LogP contribution in [0.25, 0.3) is 0 Å². The highest BCUT2D eigenvalue weighted by atomic mass is 16.7.